The van der Waals surface area contributed by atoms with E-state index in [2.05, 4.69) is 20.6 Å². The van der Waals surface area contributed by atoms with Gasteiger partial charge in [0.1, 0.15) is 5.82 Å². The molecule has 2 atom stereocenters. The van der Waals surface area contributed by atoms with Gasteiger partial charge in [-0.3, -0.25) is 4.79 Å². The fourth-order valence-electron chi connectivity index (χ4n) is 3.43. The second-order valence-corrected chi connectivity index (χ2v) is 5.45. The second kappa shape index (κ2) is 7.29. The van der Waals surface area contributed by atoms with E-state index in [0.717, 1.165) is 25.3 Å². The van der Waals surface area contributed by atoms with Crippen LogP contribution in [0.15, 0.2) is 12.4 Å². The van der Waals surface area contributed by atoms with Gasteiger partial charge in [0.2, 0.25) is 5.91 Å². The number of hydrogen-bond donors (Lipinski definition) is 3. The number of carbonyl (C=O) groups excluding carboxylic acids is 1. The van der Waals surface area contributed by atoms with E-state index < -0.39 is 0 Å². The van der Waals surface area contributed by atoms with Crippen LogP contribution in [-0.4, -0.2) is 29.0 Å². The molecule has 0 radical (unpaired) electrons. The van der Waals surface area contributed by atoms with Gasteiger partial charge in [-0.15, -0.1) is 24.8 Å². The number of hydrogen-bond acceptors (Lipinski definition) is 3. The number of amides is 1. The summed E-state index contributed by atoms with van der Waals surface area (Å²) in [4.78, 5) is 19.6. The van der Waals surface area contributed by atoms with Crippen LogP contribution in [-0.2, 0) is 11.3 Å². The number of aromatic nitrogens is 2. The molecule has 7 heteroatoms. The summed E-state index contributed by atoms with van der Waals surface area (Å²) in [5.41, 5.74) is -0.162. The van der Waals surface area contributed by atoms with Gasteiger partial charge in [0.05, 0.1) is 12.0 Å². The van der Waals surface area contributed by atoms with Gasteiger partial charge in [-0.05, 0) is 25.3 Å². The summed E-state index contributed by atoms with van der Waals surface area (Å²) in [5, 5.41) is 6.44. The summed E-state index contributed by atoms with van der Waals surface area (Å²) in [6, 6.07) is 0. The molecule has 1 saturated carbocycles. The molecule has 3 rings (SSSR count). The summed E-state index contributed by atoms with van der Waals surface area (Å²) in [7, 11) is 0. The summed E-state index contributed by atoms with van der Waals surface area (Å²) < 4.78 is 0. The Hall–Kier alpha value is -0.780. The lowest BCUT2D eigenvalue weighted by atomic mass is 9.67. The van der Waals surface area contributed by atoms with Crippen LogP contribution >= 0.6 is 24.8 Å². The third-order valence-electron chi connectivity index (χ3n) is 4.46. The number of rotatable bonds is 3. The highest BCUT2D eigenvalue weighted by Crippen LogP contribution is 2.43. The first-order valence-electron chi connectivity index (χ1n) is 6.78. The molecule has 0 aromatic carbocycles. The first-order valence-corrected chi connectivity index (χ1v) is 6.78. The maximum atomic E-state index is 12.5. The Balaban J connectivity index is 0.000001000. The van der Waals surface area contributed by atoms with E-state index in [-0.39, 0.29) is 36.1 Å². The number of imidazole rings is 1. The van der Waals surface area contributed by atoms with E-state index in [9.17, 15) is 4.79 Å². The van der Waals surface area contributed by atoms with E-state index in [4.69, 9.17) is 0 Å². The number of carbonyl (C=O) groups is 1. The lowest BCUT2D eigenvalue weighted by molar-refractivity contribution is -0.134. The topological polar surface area (TPSA) is 69.8 Å². The van der Waals surface area contributed by atoms with Crippen LogP contribution in [0.4, 0.5) is 0 Å². The molecule has 114 valence electrons. The number of halogens is 2. The molecular formula is C13H22Cl2N4O. The van der Waals surface area contributed by atoms with Crippen molar-refractivity contribution in [1.29, 1.82) is 0 Å². The molecule has 20 heavy (non-hydrogen) atoms. The van der Waals surface area contributed by atoms with Gasteiger partial charge in [-0.2, -0.15) is 0 Å². The highest BCUT2D eigenvalue weighted by Gasteiger charge is 2.49. The summed E-state index contributed by atoms with van der Waals surface area (Å²) in [6.45, 7) is 2.33. The zero-order chi connectivity index (χ0) is 12.4. The van der Waals surface area contributed by atoms with Gasteiger partial charge in [0.25, 0.3) is 0 Å². The van der Waals surface area contributed by atoms with E-state index >= 15 is 0 Å². The van der Waals surface area contributed by atoms with E-state index in [1.807, 2.05) is 0 Å². The van der Waals surface area contributed by atoms with E-state index in [1.54, 1.807) is 12.4 Å². The predicted molar refractivity (Wildman–Crippen MR) is 82.2 cm³/mol. The first kappa shape index (κ1) is 17.3. The zero-order valence-electron chi connectivity index (χ0n) is 11.4. The van der Waals surface area contributed by atoms with Crippen LogP contribution in [0.1, 0.15) is 31.5 Å². The Morgan fingerprint density at radius 3 is 3.05 bits per heavy atom. The van der Waals surface area contributed by atoms with Crippen LogP contribution in [0.25, 0.3) is 0 Å². The maximum Gasteiger partial charge on any atom is 0.228 e. The molecule has 2 aliphatic rings. The van der Waals surface area contributed by atoms with Gasteiger partial charge in [0, 0.05) is 18.9 Å². The molecular weight excluding hydrogens is 299 g/mol. The summed E-state index contributed by atoms with van der Waals surface area (Å²) in [5.74, 6) is 1.54. The summed E-state index contributed by atoms with van der Waals surface area (Å²) >= 11 is 0. The minimum absolute atomic E-state index is 0. The van der Waals surface area contributed by atoms with Gasteiger partial charge in [0.15, 0.2) is 0 Å². The molecule has 1 amide bonds. The monoisotopic (exact) mass is 320 g/mol. The number of fused-ring (bicyclic) bond motifs is 1. The average molecular weight is 321 g/mol. The number of nitrogens with one attached hydrogen (secondary N) is 3. The fraction of sp³-hybridized carbons (Fsp3) is 0.692. The quantitative estimate of drug-likeness (QED) is 0.793. The molecule has 1 saturated heterocycles. The van der Waals surface area contributed by atoms with E-state index in [1.165, 1.54) is 19.3 Å². The summed E-state index contributed by atoms with van der Waals surface area (Å²) in [6.07, 6.45) is 8.13. The molecule has 1 aliphatic heterocycles. The van der Waals surface area contributed by atoms with Crippen molar-refractivity contribution < 1.29 is 4.79 Å². The second-order valence-electron chi connectivity index (χ2n) is 5.45. The molecule has 1 aromatic heterocycles. The molecule has 3 N–H and O–H groups in total. The number of aromatic amines is 1. The van der Waals surface area contributed by atoms with Crippen LogP contribution in [0.2, 0.25) is 0 Å². The minimum atomic E-state index is -0.162. The number of nitrogens with zero attached hydrogens (tertiary/aromatic N) is 1. The molecule has 2 fully saturated rings. The van der Waals surface area contributed by atoms with Crippen molar-refractivity contribution in [1.82, 2.24) is 20.6 Å². The van der Waals surface area contributed by atoms with Crippen molar-refractivity contribution >= 4 is 30.7 Å². The predicted octanol–water partition coefficient (Wildman–Crippen LogP) is 1.65. The van der Waals surface area contributed by atoms with Gasteiger partial charge in [-0.1, -0.05) is 12.8 Å². The fourth-order valence-corrected chi connectivity index (χ4v) is 3.43. The van der Waals surface area contributed by atoms with Gasteiger partial charge >= 0.3 is 0 Å². The van der Waals surface area contributed by atoms with Gasteiger partial charge in [-0.25, -0.2) is 4.98 Å². The standard InChI is InChI=1S/C13H20N4O.2ClH/c18-12(17-8-11-15-5-6-16-11)13-4-2-1-3-10(13)7-14-9-13;;/h5-6,10,14H,1-4,7-9H2,(H,15,16)(H,17,18);2*1H/t10-,13+;;/m0../s1. The Kier molecular flexibility index (Phi) is 6.30. The Morgan fingerprint density at radius 1 is 1.45 bits per heavy atom. The van der Waals surface area contributed by atoms with Crippen molar-refractivity contribution in [2.45, 2.75) is 32.2 Å². The van der Waals surface area contributed by atoms with Crippen LogP contribution < -0.4 is 10.6 Å². The minimum Gasteiger partial charge on any atom is -0.348 e. The molecule has 1 aromatic rings. The number of H-pyrrole nitrogens is 1. The third kappa shape index (κ3) is 3.10. The average Bonchev–Trinajstić information content (AvgIpc) is 3.05. The molecule has 0 unspecified atom stereocenters. The zero-order valence-corrected chi connectivity index (χ0v) is 13.0. The van der Waals surface area contributed by atoms with Crippen molar-refractivity contribution in [2.75, 3.05) is 13.1 Å². The SMILES string of the molecule is Cl.Cl.O=C(NCc1ncc[nH]1)[C@@]12CCCC[C@H]1CNC2. The first-order chi connectivity index (χ1) is 8.81. The molecule has 1 aliphatic carbocycles. The molecule has 5 nitrogen and oxygen atoms in total. The lowest BCUT2D eigenvalue weighted by Gasteiger charge is -2.37. The third-order valence-corrected chi connectivity index (χ3v) is 4.46. The van der Waals surface area contributed by atoms with Crippen LogP contribution in [0.5, 0.6) is 0 Å². The van der Waals surface area contributed by atoms with Crippen molar-refractivity contribution in [3.63, 3.8) is 0 Å². The Morgan fingerprint density at radius 2 is 2.30 bits per heavy atom. The molecule has 2 heterocycles. The van der Waals surface area contributed by atoms with Gasteiger partial charge < -0.3 is 15.6 Å². The maximum absolute atomic E-state index is 12.5. The van der Waals surface area contributed by atoms with Crippen molar-refractivity contribution in [2.24, 2.45) is 11.3 Å². The van der Waals surface area contributed by atoms with Crippen molar-refractivity contribution in [3.8, 4) is 0 Å². The van der Waals surface area contributed by atoms with Crippen molar-refractivity contribution in [3.05, 3.63) is 18.2 Å². The largest absolute Gasteiger partial charge is 0.348 e. The van der Waals surface area contributed by atoms with Crippen LogP contribution in [0, 0.1) is 11.3 Å². The highest BCUT2D eigenvalue weighted by atomic mass is 35.5. The highest BCUT2D eigenvalue weighted by molar-refractivity contribution is 5.85. The van der Waals surface area contributed by atoms with E-state index in [0.29, 0.717) is 12.5 Å². The normalized spacial score (nSPS) is 27.9. The smallest absolute Gasteiger partial charge is 0.228 e. The van der Waals surface area contributed by atoms with Crippen LogP contribution in [0.3, 0.4) is 0 Å². The Labute approximate surface area is 131 Å². The Bertz CT molecular complexity index is 426. The molecule has 0 spiro atoms. The molecule has 0 bridgehead atoms. The lowest BCUT2D eigenvalue weighted by Crippen LogP contribution is -2.47.